The number of piperidine rings is 1. The average Bonchev–Trinajstić information content (AvgIpc) is 3.06. The maximum Gasteiger partial charge on any atom is 0.308 e. The van der Waals surface area contributed by atoms with E-state index in [1.165, 1.54) is 19.2 Å². The zero-order valence-corrected chi connectivity index (χ0v) is 16.1. The van der Waals surface area contributed by atoms with Crippen LogP contribution in [0.3, 0.4) is 0 Å². The Morgan fingerprint density at radius 1 is 1.21 bits per heavy atom. The van der Waals surface area contributed by atoms with Crippen LogP contribution in [0, 0.1) is 11.7 Å². The fourth-order valence-corrected chi connectivity index (χ4v) is 3.77. The van der Waals surface area contributed by atoms with Crippen LogP contribution in [-0.4, -0.2) is 32.1 Å². The number of nitrogens with one attached hydrogen (secondary N) is 2. The van der Waals surface area contributed by atoms with Crippen molar-refractivity contribution in [3.05, 3.63) is 60.0 Å². The Morgan fingerprint density at radius 3 is 2.62 bits per heavy atom. The van der Waals surface area contributed by atoms with Crippen LogP contribution < -0.4 is 15.5 Å². The van der Waals surface area contributed by atoms with Crippen LogP contribution in [0.15, 0.2) is 48.7 Å². The standard InChI is InChI=1S/C22H22FN3O3/c1-29-22(28)14-8-10-26(11-9-14)17-5-3-16(4-6-17)24-13-19-18-12-15(23)2-7-20(18)25-21(19)27/h2-7,12-14,24H,8-11H2,1H3,(H,25,27)/b19-13-. The number of hydrogen-bond acceptors (Lipinski definition) is 5. The van der Waals surface area contributed by atoms with Crippen LogP contribution in [0.1, 0.15) is 18.4 Å². The molecule has 150 valence electrons. The number of methoxy groups -OCH3 is 1. The van der Waals surface area contributed by atoms with Crippen molar-refractivity contribution < 1.29 is 18.7 Å². The number of ether oxygens (including phenoxy) is 1. The van der Waals surface area contributed by atoms with Gasteiger partial charge in [-0.25, -0.2) is 4.39 Å². The highest BCUT2D eigenvalue weighted by atomic mass is 19.1. The van der Waals surface area contributed by atoms with E-state index < -0.39 is 0 Å². The normalized spacial score (nSPS) is 17.8. The van der Waals surface area contributed by atoms with Crippen LogP contribution in [0.2, 0.25) is 0 Å². The molecule has 2 N–H and O–H groups in total. The number of carbonyl (C=O) groups is 2. The van der Waals surface area contributed by atoms with E-state index in [2.05, 4.69) is 15.5 Å². The molecule has 29 heavy (non-hydrogen) atoms. The number of rotatable bonds is 4. The quantitative estimate of drug-likeness (QED) is 0.611. The summed E-state index contributed by atoms with van der Waals surface area (Å²) in [7, 11) is 1.43. The first kappa shape index (κ1) is 19.0. The van der Waals surface area contributed by atoms with Crippen LogP contribution in [0.5, 0.6) is 0 Å². The maximum absolute atomic E-state index is 13.5. The molecule has 1 saturated heterocycles. The van der Waals surface area contributed by atoms with Crippen LogP contribution in [0.25, 0.3) is 5.57 Å². The van der Waals surface area contributed by atoms with E-state index in [-0.39, 0.29) is 23.6 Å². The minimum absolute atomic E-state index is 0.0194. The van der Waals surface area contributed by atoms with E-state index in [1.807, 2.05) is 24.3 Å². The highest BCUT2D eigenvalue weighted by molar-refractivity contribution is 6.31. The van der Waals surface area contributed by atoms with E-state index in [1.54, 1.807) is 12.3 Å². The second-order valence-corrected chi connectivity index (χ2v) is 7.18. The number of carbonyl (C=O) groups excluding carboxylic acids is 2. The van der Waals surface area contributed by atoms with Crippen molar-refractivity contribution in [2.75, 3.05) is 35.7 Å². The molecule has 7 heteroatoms. The second-order valence-electron chi connectivity index (χ2n) is 7.18. The summed E-state index contributed by atoms with van der Waals surface area (Å²) in [5, 5.41) is 5.84. The number of hydrogen-bond donors (Lipinski definition) is 2. The van der Waals surface area contributed by atoms with E-state index in [4.69, 9.17) is 4.74 Å². The Kier molecular flexibility index (Phi) is 5.20. The number of nitrogens with zero attached hydrogens (tertiary/aromatic N) is 1. The van der Waals surface area contributed by atoms with Gasteiger partial charge in [0.25, 0.3) is 5.91 Å². The predicted octanol–water partition coefficient (Wildman–Crippen LogP) is 3.62. The van der Waals surface area contributed by atoms with Crippen LogP contribution in [-0.2, 0) is 14.3 Å². The highest BCUT2D eigenvalue weighted by Crippen LogP contribution is 2.32. The average molecular weight is 395 g/mol. The molecule has 4 rings (SSSR count). The van der Waals surface area contributed by atoms with Gasteiger partial charge < -0.3 is 20.3 Å². The summed E-state index contributed by atoms with van der Waals surface area (Å²) in [6, 6.07) is 12.1. The van der Waals surface area contributed by atoms with Gasteiger partial charge in [-0.15, -0.1) is 0 Å². The van der Waals surface area contributed by atoms with Crippen molar-refractivity contribution in [2.24, 2.45) is 5.92 Å². The molecule has 2 heterocycles. The molecular weight excluding hydrogens is 373 g/mol. The summed E-state index contributed by atoms with van der Waals surface area (Å²) in [5.74, 6) is -0.793. The van der Waals surface area contributed by atoms with Crippen molar-refractivity contribution >= 4 is 34.5 Å². The molecule has 2 aromatic carbocycles. The lowest BCUT2D eigenvalue weighted by Gasteiger charge is -2.32. The highest BCUT2D eigenvalue weighted by Gasteiger charge is 2.26. The van der Waals surface area contributed by atoms with Gasteiger partial charge in [0, 0.05) is 41.9 Å². The Bertz CT molecular complexity index is 964. The molecule has 6 nitrogen and oxygen atoms in total. The van der Waals surface area contributed by atoms with Gasteiger partial charge in [-0.1, -0.05) is 0 Å². The molecule has 2 aliphatic rings. The minimum Gasteiger partial charge on any atom is -0.469 e. The van der Waals surface area contributed by atoms with Crippen LogP contribution in [0.4, 0.5) is 21.5 Å². The Balaban J connectivity index is 1.41. The zero-order valence-electron chi connectivity index (χ0n) is 16.1. The number of amides is 1. The van der Waals surface area contributed by atoms with Crippen molar-refractivity contribution in [2.45, 2.75) is 12.8 Å². The third-order valence-corrected chi connectivity index (χ3v) is 5.41. The van der Waals surface area contributed by atoms with Crippen molar-refractivity contribution in [3.8, 4) is 0 Å². The molecule has 0 aliphatic carbocycles. The summed E-state index contributed by atoms with van der Waals surface area (Å²) < 4.78 is 18.3. The van der Waals surface area contributed by atoms with Crippen molar-refractivity contribution in [1.29, 1.82) is 0 Å². The summed E-state index contributed by atoms with van der Waals surface area (Å²) in [6.07, 6.45) is 3.16. The first-order valence-corrected chi connectivity index (χ1v) is 9.56. The molecule has 1 fully saturated rings. The lowest BCUT2D eigenvalue weighted by atomic mass is 9.96. The Labute approximate surface area is 168 Å². The molecule has 0 aromatic heterocycles. The van der Waals surface area contributed by atoms with E-state index >= 15 is 0 Å². The van der Waals surface area contributed by atoms with Gasteiger partial charge in [-0.2, -0.15) is 0 Å². The third-order valence-electron chi connectivity index (χ3n) is 5.41. The number of esters is 1. The summed E-state index contributed by atoms with van der Waals surface area (Å²) in [4.78, 5) is 26.0. The predicted molar refractivity (Wildman–Crippen MR) is 110 cm³/mol. The van der Waals surface area contributed by atoms with Gasteiger partial charge in [0.2, 0.25) is 0 Å². The maximum atomic E-state index is 13.5. The molecule has 0 unspecified atom stereocenters. The first-order valence-electron chi connectivity index (χ1n) is 9.56. The fraction of sp³-hybridized carbons (Fsp3) is 0.273. The Morgan fingerprint density at radius 2 is 1.93 bits per heavy atom. The van der Waals surface area contributed by atoms with E-state index in [9.17, 15) is 14.0 Å². The van der Waals surface area contributed by atoms with Crippen LogP contribution >= 0.6 is 0 Å². The lowest BCUT2D eigenvalue weighted by molar-refractivity contribution is -0.146. The van der Waals surface area contributed by atoms with Gasteiger partial charge in [0.05, 0.1) is 18.6 Å². The topological polar surface area (TPSA) is 70.7 Å². The Hall–Kier alpha value is -3.35. The van der Waals surface area contributed by atoms with Crippen molar-refractivity contribution in [3.63, 3.8) is 0 Å². The fourth-order valence-electron chi connectivity index (χ4n) is 3.77. The van der Waals surface area contributed by atoms with Gasteiger partial charge in [0.1, 0.15) is 5.82 Å². The molecule has 2 aromatic rings. The van der Waals surface area contributed by atoms with E-state index in [0.717, 1.165) is 37.3 Å². The molecule has 0 bridgehead atoms. The molecule has 1 amide bonds. The number of halogens is 1. The third kappa shape index (κ3) is 3.94. The molecular formula is C22H22FN3O3. The number of benzene rings is 2. The molecule has 0 saturated carbocycles. The lowest BCUT2D eigenvalue weighted by Crippen LogP contribution is -2.36. The first-order chi connectivity index (χ1) is 14.0. The second kappa shape index (κ2) is 7.95. The minimum atomic E-state index is -0.383. The summed E-state index contributed by atoms with van der Waals surface area (Å²) in [5.41, 5.74) is 3.46. The smallest absolute Gasteiger partial charge is 0.308 e. The zero-order chi connectivity index (χ0) is 20.4. The monoisotopic (exact) mass is 395 g/mol. The molecule has 2 aliphatic heterocycles. The van der Waals surface area contributed by atoms with Crippen molar-refractivity contribution in [1.82, 2.24) is 0 Å². The van der Waals surface area contributed by atoms with E-state index in [0.29, 0.717) is 16.8 Å². The molecule has 0 atom stereocenters. The largest absolute Gasteiger partial charge is 0.469 e. The van der Waals surface area contributed by atoms with Gasteiger partial charge in [-0.3, -0.25) is 9.59 Å². The van der Waals surface area contributed by atoms with Gasteiger partial charge >= 0.3 is 5.97 Å². The van der Waals surface area contributed by atoms with Gasteiger partial charge in [0.15, 0.2) is 0 Å². The number of anilines is 3. The SMILES string of the molecule is COC(=O)C1CCN(c2ccc(N/C=C3\C(=O)Nc4ccc(F)cc43)cc2)CC1. The van der Waals surface area contributed by atoms with Gasteiger partial charge in [-0.05, 0) is 55.3 Å². The summed E-state index contributed by atoms with van der Waals surface area (Å²) >= 11 is 0. The molecule has 0 radical (unpaired) electrons. The number of fused-ring (bicyclic) bond motifs is 1. The summed E-state index contributed by atoms with van der Waals surface area (Å²) in [6.45, 7) is 1.61. The molecule has 0 spiro atoms.